The van der Waals surface area contributed by atoms with Crippen molar-refractivity contribution in [1.82, 2.24) is 4.98 Å². The van der Waals surface area contributed by atoms with Crippen LogP contribution >= 0.6 is 12.2 Å². The van der Waals surface area contributed by atoms with Gasteiger partial charge in [-0.2, -0.15) is 0 Å². The van der Waals surface area contributed by atoms with E-state index in [2.05, 4.69) is 5.32 Å². The van der Waals surface area contributed by atoms with Gasteiger partial charge in [-0.1, -0.05) is 26.8 Å². The lowest BCUT2D eigenvalue weighted by atomic mass is 9.85. The highest BCUT2D eigenvalue weighted by Crippen LogP contribution is 2.35. The van der Waals surface area contributed by atoms with E-state index in [1.807, 2.05) is 45.0 Å². The summed E-state index contributed by atoms with van der Waals surface area (Å²) >= 11 is 4.95. The topological polar surface area (TPSA) is 115 Å². The van der Waals surface area contributed by atoms with E-state index in [0.29, 0.717) is 28.8 Å². The third-order valence-electron chi connectivity index (χ3n) is 5.12. The van der Waals surface area contributed by atoms with Crippen LogP contribution in [-0.4, -0.2) is 39.7 Å². The summed E-state index contributed by atoms with van der Waals surface area (Å²) in [6.45, 7) is 5.90. The van der Waals surface area contributed by atoms with Crippen molar-refractivity contribution in [3.05, 3.63) is 52.7 Å². The minimum absolute atomic E-state index is 0.104. The van der Waals surface area contributed by atoms with E-state index in [-0.39, 0.29) is 23.9 Å². The zero-order chi connectivity index (χ0) is 22.7. The van der Waals surface area contributed by atoms with E-state index < -0.39 is 12.1 Å². The van der Waals surface area contributed by atoms with Gasteiger partial charge in [0.15, 0.2) is 17.0 Å². The van der Waals surface area contributed by atoms with Gasteiger partial charge in [-0.25, -0.2) is 9.78 Å². The number of aliphatic hydroxyl groups is 1. The van der Waals surface area contributed by atoms with Crippen LogP contribution in [-0.2, 0) is 20.7 Å². The predicted molar refractivity (Wildman–Crippen MR) is 124 cm³/mol. The molecule has 0 radical (unpaired) electrons. The quantitative estimate of drug-likeness (QED) is 0.494. The number of nitrogens with two attached hydrogens (primary N) is 1. The molecule has 0 fully saturated rings. The molecule has 4 N–H and O–H groups in total. The van der Waals surface area contributed by atoms with Crippen LogP contribution in [0.1, 0.15) is 38.4 Å². The van der Waals surface area contributed by atoms with Crippen LogP contribution in [0.3, 0.4) is 0 Å². The molecule has 1 aromatic carbocycles. The molecular weight excluding hydrogens is 414 g/mol. The van der Waals surface area contributed by atoms with Gasteiger partial charge in [0, 0.05) is 28.6 Å². The Morgan fingerprint density at radius 2 is 2.10 bits per heavy atom. The molecule has 1 unspecified atom stereocenters. The number of rotatable bonds is 3. The zero-order valence-electron chi connectivity index (χ0n) is 17.7. The van der Waals surface area contributed by atoms with E-state index >= 15 is 0 Å². The molecule has 8 heteroatoms. The molecule has 7 nitrogen and oxygen atoms in total. The first-order chi connectivity index (χ1) is 14.9. The largest absolute Gasteiger partial charge is 0.458 e. The van der Waals surface area contributed by atoms with Gasteiger partial charge in [-0.15, -0.1) is 0 Å². The molecule has 4 rings (SSSR count). The van der Waals surface area contributed by atoms with Crippen LogP contribution in [0.5, 0.6) is 0 Å². The van der Waals surface area contributed by atoms with E-state index in [9.17, 15) is 14.7 Å². The fourth-order valence-electron chi connectivity index (χ4n) is 3.70. The number of nitrogens with one attached hydrogen (secondary N) is 1. The number of ether oxygens (including phenoxy) is 1. The molecule has 2 heterocycles. The zero-order valence-corrected chi connectivity index (χ0v) is 18.5. The van der Waals surface area contributed by atoms with E-state index in [0.717, 1.165) is 22.2 Å². The minimum Gasteiger partial charge on any atom is -0.458 e. The molecule has 2 aromatic rings. The number of aryl methyl sites for hydroxylation is 1. The SMILES string of the molecule is CC.CCc1cc2c(NC(N)=S)cccc2nc1C1=CC2=C(COC(=O)C2O)C(=O)C1. The second-order valence-electron chi connectivity index (χ2n) is 6.92. The van der Waals surface area contributed by atoms with Crippen molar-refractivity contribution in [2.24, 2.45) is 5.73 Å². The number of benzene rings is 1. The maximum absolute atomic E-state index is 12.6. The molecule has 0 bridgehead atoms. The third kappa shape index (κ3) is 4.35. The van der Waals surface area contributed by atoms with Crippen molar-refractivity contribution in [3.63, 3.8) is 0 Å². The van der Waals surface area contributed by atoms with Gasteiger partial charge in [0.25, 0.3) is 0 Å². The van der Waals surface area contributed by atoms with Crippen molar-refractivity contribution < 1.29 is 19.4 Å². The average Bonchev–Trinajstić information content (AvgIpc) is 2.76. The lowest BCUT2D eigenvalue weighted by Gasteiger charge is -2.26. The van der Waals surface area contributed by atoms with E-state index in [1.54, 1.807) is 6.08 Å². The van der Waals surface area contributed by atoms with Crippen LogP contribution in [0.2, 0.25) is 0 Å². The number of carbonyl (C=O) groups excluding carboxylic acids is 2. The molecule has 0 amide bonds. The number of aromatic nitrogens is 1. The fraction of sp³-hybridized carbons (Fsp3) is 0.304. The van der Waals surface area contributed by atoms with Gasteiger partial charge in [-0.3, -0.25) is 4.79 Å². The Morgan fingerprint density at radius 1 is 1.35 bits per heavy atom. The fourth-order valence-corrected chi connectivity index (χ4v) is 3.81. The Labute approximate surface area is 186 Å². The van der Waals surface area contributed by atoms with Crippen LogP contribution in [0.15, 0.2) is 41.5 Å². The van der Waals surface area contributed by atoms with Crippen LogP contribution in [0.4, 0.5) is 5.69 Å². The summed E-state index contributed by atoms with van der Waals surface area (Å²) in [6.07, 6.45) is 1.07. The number of aliphatic hydroxyl groups excluding tert-OH is 1. The lowest BCUT2D eigenvalue weighted by molar-refractivity contribution is -0.152. The van der Waals surface area contributed by atoms with Gasteiger partial charge in [0.05, 0.1) is 11.2 Å². The number of fused-ring (bicyclic) bond motifs is 1. The maximum Gasteiger partial charge on any atom is 0.340 e. The summed E-state index contributed by atoms with van der Waals surface area (Å²) in [5.74, 6) is -0.915. The van der Waals surface area contributed by atoms with Gasteiger partial charge in [-0.05, 0) is 54.1 Å². The Kier molecular flexibility index (Phi) is 6.82. The Morgan fingerprint density at radius 3 is 2.77 bits per heavy atom. The van der Waals surface area contributed by atoms with Gasteiger partial charge >= 0.3 is 5.97 Å². The molecule has 1 aromatic heterocycles. The predicted octanol–water partition coefficient (Wildman–Crippen LogP) is 3.05. The summed E-state index contributed by atoms with van der Waals surface area (Å²) in [6, 6.07) is 7.57. The van der Waals surface area contributed by atoms with Crippen LogP contribution in [0, 0.1) is 0 Å². The van der Waals surface area contributed by atoms with Gasteiger partial charge in [0.2, 0.25) is 0 Å². The highest BCUT2D eigenvalue weighted by Gasteiger charge is 2.35. The lowest BCUT2D eigenvalue weighted by Crippen LogP contribution is -2.35. The molecular formula is C23H25N3O4S. The molecule has 0 saturated carbocycles. The highest BCUT2D eigenvalue weighted by atomic mass is 32.1. The first-order valence-electron chi connectivity index (χ1n) is 10.2. The number of Topliss-reactive ketones (excluding diaryl/α,β-unsaturated/α-hetero) is 1. The number of nitrogens with zero attached hydrogens (tertiary/aromatic N) is 1. The normalized spacial score (nSPS) is 17.9. The first-order valence-corrected chi connectivity index (χ1v) is 10.6. The second-order valence-corrected chi connectivity index (χ2v) is 7.36. The van der Waals surface area contributed by atoms with Crippen molar-refractivity contribution in [3.8, 4) is 0 Å². The molecule has 31 heavy (non-hydrogen) atoms. The molecule has 1 aliphatic heterocycles. The molecule has 1 aliphatic carbocycles. The number of ketones is 1. The average molecular weight is 440 g/mol. The third-order valence-corrected chi connectivity index (χ3v) is 5.23. The number of pyridine rings is 1. The number of carbonyl (C=O) groups is 2. The van der Waals surface area contributed by atoms with Gasteiger partial charge in [0.1, 0.15) is 6.61 Å². The van der Waals surface area contributed by atoms with Crippen molar-refractivity contribution in [1.29, 1.82) is 0 Å². The molecule has 1 atom stereocenters. The summed E-state index contributed by atoms with van der Waals surface area (Å²) in [4.78, 5) is 29.2. The monoisotopic (exact) mass is 439 g/mol. The number of allylic oxidation sites excluding steroid dienone is 1. The van der Waals surface area contributed by atoms with Gasteiger partial charge < -0.3 is 20.9 Å². The van der Waals surface area contributed by atoms with Crippen molar-refractivity contribution >= 4 is 51.2 Å². The summed E-state index contributed by atoms with van der Waals surface area (Å²) < 4.78 is 4.88. The number of thiocarbonyl (C=S) groups is 1. The standard InChI is InChI=1S/C21H19N3O4S.C2H6/c1-2-10-6-13-15(4-3-5-16(13)24-21(22)29)23-18(10)11-7-12-14(17(25)8-11)9-28-20(27)19(12)26;1-2/h3-7,19,26H,2,8-9H2,1H3,(H3,22,24,29);1-2H3. The van der Waals surface area contributed by atoms with Crippen molar-refractivity contribution in [2.75, 3.05) is 11.9 Å². The van der Waals surface area contributed by atoms with E-state index in [1.165, 1.54) is 0 Å². The number of hydrogen-bond donors (Lipinski definition) is 3. The molecule has 0 spiro atoms. The number of anilines is 1. The number of cyclic esters (lactones) is 1. The minimum atomic E-state index is -1.45. The van der Waals surface area contributed by atoms with Crippen LogP contribution < -0.4 is 11.1 Å². The summed E-state index contributed by atoms with van der Waals surface area (Å²) in [5, 5.41) is 14.2. The molecule has 2 aliphatic rings. The molecule has 162 valence electrons. The Hall–Kier alpha value is -3.10. The van der Waals surface area contributed by atoms with Crippen molar-refractivity contribution in [2.45, 2.75) is 39.7 Å². The highest BCUT2D eigenvalue weighted by molar-refractivity contribution is 7.80. The summed E-state index contributed by atoms with van der Waals surface area (Å²) in [5.41, 5.74) is 10.0. The number of esters is 1. The Bertz CT molecular complexity index is 1140. The smallest absolute Gasteiger partial charge is 0.340 e. The first kappa shape index (κ1) is 22.6. The Balaban J connectivity index is 0.00000132. The number of hydrogen-bond acceptors (Lipinski definition) is 6. The second kappa shape index (κ2) is 9.36. The van der Waals surface area contributed by atoms with E-state index in [4.69, 9.17) is 27.7 Å². The van der Waals surface area contributed by atoms with Crippen LogP contribution in [0.25, 0.3) is 16.5 Å². The molecule has 0 saturated heterocycles. The maximum atomic E-state index is 12.6. The summed E-state index contributed by atoms with van der Waals surface area (Å²) in [7, 11) is 0.